The summed E-state index contributed by atoms with van der Waals surface area (Å²) in [5, 5.41) is 8.13. The molecule has 2 rings (SSSR count). The van der Waals surface area contributed by atoms with Crippen LogP contribution in [0, 0.1) is 6.92 Å². The lowest BCUT2D eigenvalue weighted by molar-refractivity contribution is 0.476. The Kier molecular flexibility index (Phi) is 6.00. The molecule has 0 fully saturated rings. The Morgan fingerprint density at radius 2 is 2.05 bits per heavy atom. The molecule has 1 atom stereocenters. The van der Waals surface area contributed by atoms with E-state index in [9.17, 15) is 0 Å². The normalized spacial score (nSPS) is 12.6. The van der Waals surface area contributed by atoms with E-state index >= 15 is 0 Å². The van der Waals surface area contributed by atoms with E-state index in [2.05, 4.69) is 76.1 Å². The van der Waals surface area contributed by atoms with Crippen LogP contribution in [-0.4, -0.2) is 16.3 Å². The highest BCUT2D eigenvalue weighted by Crippen LogP contribution is 2.27. The van der Waals surface area contributed by atoms with Gasteiger partial charge in [-0.3, -0.25) is 4.68 Å². The van der Waals surface area contributed by atoms with Gasteiger partial charge in [0.05, 0.1) is 22.4 Å². The van der Waals surface area contributed by atoms with Gasteiger partial charge >= 0.3 is 0 Å². The van der Waals surface area contributed by atoms with E-state index in [-0.39, 0.29) is 6.04 Å². The van der Waals surface area contributed by atoms with Crippen LogP contribution in [0.15, 0.2) is 34.9 Å². The molecule has 1 aromatic carbocycles. The van der Waals surface area contributed by atoms with Gasteiger partial charge in [0.15, 0.2) is 0 Å². The summed E-state index contributed by atoms with van der Waals surface area (Å²) in [4.78, 5) is 0. The minimum atomic E-state index is 0.280. The summed E-state index contributed by atoms with van der Waals surface area (Å²) in [6.45, 7) is 8.41. The van der Waals surface area contributed by atoms with Gasteiger partial charge in [-0.25, -0.2) is 0 Å². The van der Waals surface area contributed by atoms with Gasteiger partial charge in [-0.2, -0.15) is 5.10 Å². The summed E-state index contributed by atoms with van der Waals surface area (Å²) < 4.78 is 3.17. The Balaban J connectivity index is 2.30. The molecule has 0 radical (unpaired) electrons. The number of nitrogens with one attached hydrogen (secondary N) is 1. The molecule has 2 aromatic rings. The van der Waals surface area contributed by atoms with Crippen LogP contribution in [0.5, 0.6) is 0 Å². The second-order valence-electron chi connectivity index (χ2n) is 5.33. The van der Waals surface area contributed by atoms with E-state index in [0.29, 0.717) is 0 Å². The first-order valence-corrected chi connectivity index (χ1v) is 8.45. The van der Waals surface area contributed by atoms with Gasteiger partial charge in [0, 0.05) is 6.54 Å². The summed E-state index contributed by atoms with van der Waals surface area (Å²) in [6.07, 6.45) is 4.01. The van der Waals surface area contributed by atoms with Crippen LogP contribution >= 0.6 is 15.9 Å². The van der Waals surface area contributed by atoms with Crippen molar-refractivity contribution in [1.29, 1.82) is 0 Å². The molecule has 0 aliphatic heterocycles. The van der Waals surface area contributed by atoms with Crippen molar-refractivity contribution in [3.05, 3.63) is 51.8 Å². The molecular formula is C17H24BrN3. The molecule has 114 valence electrons. The maximum atomic E-state index is 4.46. The zero-order valence-corrected chi connectivity index (χ0v) is 14.7. The fourth-order valence-corrected chi connectivity index (χ4v) is 3.19. The number of halogens is 1. The Morgan fingerprint density at radius 1 is 1.29 bits per heavy atom. The smallest absolute Gasteiger partial charge is 0.0698 e. The quantitative estimate of drug-likeness (QED) is 0.809. The van der Waals surface area contributed by atoms with Gasteiger partial charge in [-0.15, -0.1) is 0 Å². The highest BCUT2D eigenvalue weighted by Gasteiger charge is 2.20. The van der Waals surface area contributed by atoms with Crippen molar-refractivity contribution < 1.29 is 0 Å². The molecule has 1 N–H and O–H groups in total. The van der Waals surface area contributed by atoms with E-state index in [1.165, 1.54) is 16.8 Å². The third-order valence-electron chi connectivity index (χ3n) is 3.79. The Morgan fingerprint density at radius 3 is 2.71 bits per heavy atom. The molecule has 0 aliphatic rings. The number of benzene rings is 1. The predicted molar refractivity (Wildman–Crippen MR) is 91.5 cm³/mol. The van der Waals surface area contributed by atoms with Crippen LogP contribution in [-0.2, 0) is 13.0 Å². The van der Waals surface area contributed by atoms with Gasteiger partial charge in [0.25, 0.3) is 0 Å². The van der Waals surface area contributed by atoms with Gasteiger partial charge in [-0.1, -0.05) is 31.2 Å². The lowest BCUT2D eigenvalue weighted by Crippen LogP contribution is -2.27. The lowest BCUT2D eigenvalue weighted by Gasteiger charge is -2.21. The van der Waals surface area contributed by atoms with Crippen LogP contribution in [0.3, 0.4) is 0 Å². The van der Waals surface area contributed by atoms with Crippen LogP contribution in [0.1, 0.15) is 43.1 Å². The zero-order chi connectivity index (χ0) is 15.2. The second-order valence-corrected chi connectivity index (χ2v) is 6.19. The minimum absolute atomic E-state index is 0.280. The Hall–Kier alpha value is -1.13. The van der Waals surface area contributed by atoms with Crippen LogP contribution in [0.2, 0.25) is 0 Å². The largest absolute Gasteiger partial charge is 0.308 e. The predicted octanol–water partition coefficient (Wildman–Crippen LogP) is 4.26. The van der Waals surface area contributed by atoms with Crippen LogP contribution in [0.25, 0.3) is 0 Å². The van der Waals surface area contributed by atoms with Crippen molar-refractivity contribution in [2.75, 3.05) is 6.54 Å². The van der Waals surface area contributed by atoms with E-state index in [1.54, 1.807) is 0 Å². The molecule has 1 heterocycles. The molecule has 1 unspecified atom stereocenters. The molecule has 0 saturated carbocycles. The highest BCUT2D eigenvalue weighted by molar-refractivity contribution is 9.10. The molecule has 3 nitrogen and oxygen atoms in total. The highest BCUT2D eigenvalue weighted by atomic mass is 79.9. The van der Waals surface area contributed by atoms with E-state index in [1.807, 2.05) is 6.20 Å². The number of aryl methyl sites for hydroxylation is 2. The van der Waals surface area contributed by atoms with Crippen molar-refractivity contribution >= 4 is 15.9 Å². The first kappa shape index (κ1) is 16.2. The number of nitrogens with zero attached hydrogens (tertiary/aromatic N) is 2. The van der Waals surface area contributed by atoms with Gasteiger partial charge < -0.3 is 5.32 Å². The average molecular weight is 350 g/mol. The van der Waals surface area contributed by atoms with Crippen molar-refractivity contribution in [2.24, 2.45) is 0 Å². The van der Waals surface area contributed by atoms with Crippen molar-refractivity contribution in [3.8, 4) is 0 Å². The van der Waals surface area contributed by atoms with E-state index in [0.717, 1.165) is 30.4 Å². The molecule has 0 amide bonds. The molecule has 0 bridgehead atoms. The molecule has 21 heavy (non-hydrogen) atoms. The maximum Gasteiger partial charge on any atom is 0.0698 e. The summed E-state index contributed by atoms with van der Waals surface area (Å²) in [5.41, 5.74) is 3.98. The number of hydrogen-bond donors (Lipinski definition) is 1. The standard InChI is InChI=1S/C17H24BrN3/c1-4-10-19-16(11-14-9-7-6-8-13(14)3)17-15(18)12-20-21(17)5-2/h6-9,12,16,19H,4-5,10-11H2,1-3H3. The molecule has 0 aliphatic carbocycles. The van der Waals surface area contributed by atoms with Crippen LogP contribution < -0.4 is 5.32 Å². The number of hydrogen-bond acceptors (Lipinski definition) is 2. The maximum absolute atomic E-state index is 4.46. The second kappa shape index (κ2) is 7.76. The van der Waals surface area contributed by atoms with E-state index < -0.39 is 0 Å². The van der Waals surface area contributed by atoms with Crippen molar-refractivity contribution in [3.63, 3.8) is 0 Å². The van der Waals surface area contributed by atoms with Crippen LogP contribution in [0.4, 0.5) is 0 Å². The first-order valence-electron chi connectivity index (χ1n) is 7.66. The molecule has 0 spiro atoms. The Labute approximate surface area is 135 Å². The third kappa shape index (κ3) is 3.95. The summed E-state index contributed by atoms with van der Waals surface area (Å²) in [5.74, 6) is 0. The number of aromatic nitrogens is 2. The van der Waals surface area contributed by atoms with Crippen molar-refractivity contribution in [1.82, 2.24) is 15.1 Å². The van der Waals surface area contributed by atoms with Gasteiger partial charge in [0.2, 0.25) is 0 Å². The molecule has 1 aromatic heterocycles. The van der Waals surface area contributed by atoms with Gasteiger partial charge in [-0.05, 0) is 60.3 Å². The summed E-state index contributed by atoms with van der Waals surface area (Å²) >= 11 is 3.66. The summed E-state index contributed by atoms with van der Waals surface area (Å²) in [6, 6.07) is 8.89. The lowest BCUT2D eigenvalue weighted by atomic mass is 9.99. The summed E-state index contributed by atoms with van der Waals surface area (Å²) in [7, 11) is 0. The van der Waals surface area contributed by atoms with Gasteiger partial charge in [0.1, 0.15) is 0 Å². The zero-order valence-electron chi connectivity index (χ0n) is 13.1. The van der Waals surface area contributed by atoms with E-state index in [4.69, 9.17) is 0 Å². The fourth-order valence-electron chi connectivity index (χ4n) is 2.61. The number of rotatable bonds is 7. The van der Waals surface area contributed by atoms with Crippen molar-refractivity contribution in [2.45, 2.75) is 46.2 Å². The topological polar surface area (TPSA) is 29.9 Å². The first-order chi connectivity index (χ1) is 10.2. The SMILES string of the molecule is CCCNC(Cc1ccccc1C)c1c(Br)cnn1CC. The fraction of sp³-hybridized carbons (Fsp3) is 0.471. The Bertz CT molecular complexity index is 577. The third-order valence-corrected chi connectivity index (χ3v) is 4.40. The molecule has 4 heteroatoms. The molecule has 0 saturated heterocycles. The molecular weight excluding hydrogens is 326 g/mol. The average Bonchev–Trinajstić information content (AvgIpc) is 2.86. The monoisotopic (exact) mass is 349 g/mol. The minimum Gasteiger partial charge on any atom is -0.308 e.